The highest BCUT2D eigenvalue weighted by Crippen LogP contribution is 2.30. The summed E-state index contributed by atoms with van der Waals surface area (Å²) in [5.74, 6) is 0.751. The number of carbonyl (C=O) groups is 2. The van der Waals surface area contributed by atoms with Gasteiger partial charge in [-0.05, 0) is 50.5 Å². The van der Waals surface area contributed by atoms with Crippen LogP contribution in [-0.2, 0) is 32.0 Å². The second kappa shape index (κ2) is 13.4. The predicted octanol–water partition coefficient (Wildman–Crippen LogP) is 5.25. The van der Waals surface area contributed by atoms with Gasteiger partial charge in [-0.25, -0.2) is 9.97 Å². The molecule has 2 N–H and O–H groups in total. The number of fused-ring (bicyclic) bond motifs is 1. The summed E-state index contributed by atoms with van der Waals surface area (Å²) in [6, 6.07) is 14.4. The molecule has 0 saturated carbocycles. The minimum absolute atomic E-state index is 0.124. The van der Waals surface area contributed by atoms with E-state index in [0.29, 0.717) is 36.7 Å². The summed E-state index contributed by atoms with van der Waals surface area (Å²) in [6.45, 7) is 8.09. The molecule has 8 nitrogen and oxygen atoms in total. The van der Waals surface area contributed by atoms with Crippen molar-refractivity contribution in [2.45, 2.75) is 47.1 Å². The van der Waals surface area contributed by atoms with Gasteiger partial charge in [0.2, 0.25) is 6.41 Å². The Hall–Kier alpha value is -3.43. The van der Waals surface area contributed by atoms with Crippen LogP contribution in [0.1, 0.15) is 44.1 Å². The largest absolute Gasteiger partial charge is 0.454 e. The molecule has 0 aliphatic rings. The van der Waals surface area contributed by atoms with Crippen molar-refractivity contribution in [2.75, 3.05) is 25.4 Å². The van der Waals surface area contributed by atoms with E-state index in [4.69, 9.17) is 15.2 Å². The number of carbonyl (C=O) groups excluding carboxylic acids is 2. The molecule has 9 heteroatoms. The van der Waals surface area contributed by atoms with E-state index in [-0.39, 0.29) is 18.5 Å². The summed E-state index contributed by atoms with van der Waals surface area (Å²) in [5, 5.41) is 2.31. The molecular weight excluding hydrogens is 500 g/mol. The average molecular weight is 537 g/mol. The van der Waals surface area contributed by atoms with Crippen molar-refractivity contribution < 1.29 is 19.1 Å². The van der Waals surface area contributed by atoms with Gasteiger partial charge in [0.25, 0.3) is 0 Å². The molecule has 0 saturated heterocycles. The number of benzene rings is 2. The number of ether oxygens (including phenoxy) is 2. The number of nitrogens with two attached hydrogens (primary N) is 1. The Bertz CT molecular complexity index is 1310. The number of rotatable bonds is 13. The maximum atomic E-state index is 13.0. The predicted molar refractivity (Wildman–Crippen MR) is 152 cm³/mol. The van der Waals surface area contributed by atoms with E-state index in [1.807, 2.05) is 32.9 Å². The molecule has 0 fully saturated rings. The van der Waals surface area contributed by atoms with Crippen molar-refractivity contribution in [3.8, 4) is 0 Å². The third-order valence-electron chi connectivity index (χ3n) is 6.29. The number of thioether (sulfide) groups is 1. The fourth-order valence-corrected chi connectivity index (χ4v) is 4.91. The van der Waals surface area contributed by atoms with Crippen LogP contribution in [-0.4, -0.2) is 46.9 Å². The second-order valence-electron chi connectivity index (χ2n) is 9.75. The molecule has 0 unspecified atom stereocenters. The number of hydrogen-bond acceptors (Lipinski definition) is 8. The Labute approximate surface area is 228 Å². The molecular formula is C29H36N4O4S. The maximum absolute atomic E-state index is 13.0. The fourth-order valence-electron chi connectivity index (χ4n) is 4.05. The zero-order valence-corrected chi connectivity index (χ0v) is 23.5. The van der Waals surface area contributed by atoms with E-state index in [2.05, 4.69) is 40.3 Å². The quantitative estimate of drug-likeness (QED) is 0.179. The number of anilines is 1. The van der Waals surface area contributed by atoms with Crippen molar-refractivity contribution in [3.63, 3.8) is 0 Å². The first-order chi connectivity index (χ1) is 18.1. The average Bonchev–Trinajstić information content (AvgIpc) is 2.89. The van der Waals surface area contributed by atoms with Gasteiger partial charge in [-0.1, -0.05) is 54.2 Å². The van der Waals surface area contributed by atoms with E-state index in [1.54, 1.807) is 25.1 Å². The van der Waals surface area contributed by atoms with Crippen LogP contribution in [0.15, 0.2) is 59.3 Å². The van der Waals surface area contributed by atoms with Gasteiger partial charge in [-0.3, -0.25) is 9.59 Å². The number of esters is 1. The van der Waals surface area contributed by atoms with Crippen LogP contribution in [0.25, 0.3) is 10.8 Å². The van der Waals surface area contributed by atoms with Crippen LogP contribution in [0.4, 0.5) is 5.82 Å². The lowest BCUT2D eigenvalue weighted by atomic mass is 9.85. The summed E-state index contributed by atoms with van der Waals surface area (Å²) in [4.78, 5) is 35.8. The number of hydrogen-bond donors (Lipinski definition) is 1. The fraction of sp³-hybridized carbons (Fsp3) is 0.379. The van der Waals surface area contributed by atoms with Crippen LogP contribution >= 0.6 is 11.8 Å². The van der Waals surface area contributed by atoms with Gasteiger partial charge < -0.3 is 20.1 Å². The summed E-state index contributed by atoms with van der Waals surface area (Å²) < 4.78 is 11.0. The Kier molecular flexibility index (Phi) is 10.3. The Morgan fingerprint density at radius 2 is 1.92 bits per heavy atom. The van der Waals surface area contributed by atoms with Crippen molar-refractivity contribution in [1.82, 2.24) is 14.9 Å². The van der Waals surface area contributed by atoms with Gasteiger partial charge in [-0.15, -0.1) is 0 Å². The zero-order valence-electron chi connectivity index (χ0n) is 22.7. The van der Waals surface area contributed by atoms with E-state index in [0.717, 1.165) is 28.0 Å². The van der Waals surface area contributed by atoms with Gasteiger partial charge in [0, 0.05) is 35.9 Å². The molecule has 38 heavy (non-hydrogen) atoms. The van der Waals surface area contributed by atoms with Gasteiger partial charge in [0.1, 0.15) is 17.6 Å². The normalized spacial score (nSPS) is 12.2. The molecule has 1 heterocycles. The molecule has 3 rings (SSSR count). The first-order valence-corrected chi connectivity index (χ1v) is 13.4. The SMILES string of the molecule is COCC/C(SCOC(=O)C(C)(C)Cc1ccc2ccccc2c1)=C(\C)N(C=O)Cc1cnc(C)nc1N. The van der Waals surface area contributed by atoms with E-state index in [1.165, 1.54) is 17.1 Å². The molecule has 0 radical (unpaired) electrons. The second-order valence-corrected chi connectivity index (χ2v) is 10.8. The Morgan fingerprint density at radius 1 is 1.18 bits per heavy atom. The van der Waals surface area contributed by atoms with E-state index >= 15 is 0 Å². The number of nitrogens with zero attached hydrogens (tertiary/aromatic N) is 3. The molecule has 3 aromatic rings. The molecule has 2 aromatic carbocycles. The molecule has 0 spiro atoms. The van der Waals surface area contributed by atoms with Crippen LogP contribution in [0.5, 0.6) is 0 Å². The molecule has 0 bridgehead atoms. The lowest BCUT2D eigenvalue weighted by Gasteiger charge is -2.24. The highest BCUT2D eigenvalue weighted by molar-refractivity contribution is 8.02. The molecule has 202 valence electrons. The first-order valence-electron chi connectivity index (χ1n) is 12.4. The van der Waals surface area contributed by atoms with Gasteiger partial charge in [0.05, 0.1) is 18.6 Å². The Balaban J connectivity index is 1.66. The van der Waals surface area contributed by atoms with Crippen LogP contribution in [0.3, 0.4) is 0 Å². The topological polar surface area (TPSA) is 108 Å². The Morgan fingerprint density at radius 3 is 2.61 bits per heavy atom. The summed E-state index contributed by atoms with van der Waals surface area (Å²) in [6.07, 6.45) is 3.50. The summed E-state index contributed by atoms with van der Waals surface area (Å²) in [5.41, 5.74) is 7.79. The smallest absolute Gasteiger partial charge is 0.312 e. The molecule has 0 aliphatic heterocycles. The van der Waals surface area contributed by atoms with Crippen LogP contribution in [0.2, 0.25) is 0 Å². The molecule has 1 amide bonds. The van der Waals surface area contributed by atoms with Gasteiger partial charge in [0.15, 0.2) is 0 Å². The summed E-state index contributed by atoms with van der Waals surface area (Å²) >= 11 is 1.38. The third kappa shape index (κ3) is 7.79. The summed E-state index contributed by atoms with van der Waals surface area (Å²) in [7, 11) is 1.62. The minimum atomic E-state index is -0.702. The van der Waals surface area contributed by atoms with Gasteiger partial charge >= 0.3 is 5.97 Å². The number of aryl methyl sites for hydroxylation is 1. The van der Waals surface area contributed by atoms with Crippen LogP contribution in [0, 0.1) is 12.3 Å². The number of allylic oxidation sites excluding steroid dienone is 1. The van der Waals surface area contributed by atoms with Crippen molar-refractivity contribution in [2.24, 2.45) is 5.41 Å². The van der Waals surface area contributed by atoms with E-state index < -0.39 is 5.41 Å². The highest BCUT2D eigenvalue weighted by atomic mass is 32.2. The highest BCUT2D eigenvalue weighted by Gasteiger charge is 2.30. The lowest BCUT2D eigenvalue weighted by Crippen LogP contribution is -2.29. The number of aromatic nitrogens is 2. The van der Waals surface area contributed by atoms with Crippen molar-refractivity contribution >= 4 is 40.7 Å². The number of amides is 1. The zero-order chi connectivity index (χ0) is 27.7. The van der Waals surface area contributed by atoms with Gasteiger partial charge in [-0.2, -0.15) is 0 Å². The lowest BCUT2D eigenvalue weighted by molar-refractivity contribution is -0.151. The molecule has 0 atom stereocenters. The monoisotopic (exact) mass is 536 g/mol. The van der Waals surface area contributed by atoms with Crippen molar-refractivity contribution in [3.05, 3.63) is 76.2 Å². The molecule has 0 aliphatic carbocycles. The van der Waals surface area contributed by atoms with E-state index in [9.17, 15) is 9.59 Å². The number of methoxy groups -OCH3 is 1. The standard InChI is InChI=1S/C29H36N4O4S/c1-20(33(18-34)17-25-16-31-21(2)32-27(25)30)26(12-13-36-5)38-19-37-28(35)29(3,4)15-22-10-11-23-8-6-7-9-24(23)14-22/h6-11,14,16,18H,12-13,15,17,19H2,1-5H3,(H2,30,31,32)/b26-20-. The minimum Gasteiger partial charge on any atom is -0.454 e. The number of nitrogen functional groups attached to an aromatic ring is 1. The van der Waals surface area contributed by atoms with Crippen molar-refractivity contribution in [1.29, 1.82) is 0 Å². The maximum Gasteiger partial charge on any atom is 0.312 e. The molecule has 1 aromatic heterocycles. The first kappa shape index (κ1) is 29.1. The van der Waals surface area contributed by atoms with Crippen LogP contribution < -0.4 is 5.73 Å². The third-order valence-corrected chi connectivity index (χ3v) is 7.37.